The van der Waals surface area contributed by atoms with E-state index < -0.39 is 0 Å². The van der Waals surface area contributed by atoms with E-state index in [1.54, 1.807) is 0 Å². The van der Waals surface area contributed by atoms with Crippen LogP contribution in [0.1, 0.15) is 0 Å². The molecule has 2 radical (unpaired) electrons. The van der Waals surface area contributed by atoms with E-state index >= 15 is 0 Å². The molecule has 0 saturated carbocycles. The Balaban J connectivity index is 0. The number of rotatable bonds is 0. The fraction of sp³-hybridized carbons (Fsp3) is 0. The Morgan fingerprint density at radius 1 is 1.00 bits per heavy atom. The van der Waals surface area contributed by atoms with Gasteiger partial charge in [-0.3, -0.25) is 0 Å². The maximum absolute atomic E-state index is 0. The molecule has 0 aromatic rings. The van der Waals surface area contributed by atoms with Gasteiger partial charge in [0.1, 0.15) is 0 Å². The fourth-order valence-electron chi connectivity index (χ4n) is 0. The van der Waals surface area contributed by atoms with Gasteiger partial charge in [0.15, 0.2) is 17.4 Å². The van der Waals surface area contributed by atoms with E-state index in [0.717, 1.165) is 0 Å². The quantitative estimate of drug-likeness (QED) is 0.393. The van der Waals surface area contributed by atoms with E-state index in [1.165, 1.54) is 0 Å². The SMILES string of the molecule is P.S.[AlH3].[Co].[Mn].[Zn]. The Bertz CT molecular complexity index is 15.5. The van der Waals surface area contributed by atoms with Crippen LogP contribution in [0.4, 0.5) is 0 Å². The molecule has 0 aromatic carbocycles. The summed E-state index contributed by atoms with van der Waals surface area (Å²) >= 11 is 0. The molecule has 0 nitrogen and oxygen atoms in total. The van der Waals surface area contributed by atoms with Crippen LogP contribution in [0.2, 0.25) is 0 Å². The molecule has 0 aromatic heterocycles. The normalized spacial score (nSPS) is 0. The van der Waals surface area contributed by atoms with E-state index in [-0.39, 0.29) is 94.1 Å². The van der Waals surface area contributed by atoms with Crippen LogP contribution in [0.25, 0.3) is 0 Å². The molecule has 1 unspecified atom stereocenters. The van der Waals surface area contributed by atoms with Crippen molar-refractivity contribution < 1.29 is 53.3 Å². The standard InChI is InChI=1S/Al.Co.Mn.H3P.H2S.Zn.3H/h;;;1H3;1H2;;;;. The molecule has 0 rings (SSSR count). The molecule has 0 spiro atoms. The molecule has 0 aliphatic heterocycles. The monoisotopic (exact) mass is 276 g/mol. The van der Waals surface area contributed by atoms with Crippen molar-refractivity contribution in [3.8, 4) is 0 Å². The second-order valence-corrected chi connectivity index (χ2v) is 0. The van der Waals surface area contributed by atoms with Gasteiger partial charge < -0.3 is 0 Å². The number of hydrogen-bond donors (Lipinski definition) is 0. The van der Waals surface area contributed by atoms with Gasteiger partial charge in [-0.2, -0.15) is 23.4 Å². The summed E-state index contributed by atoms with van der Waals surface area (Å²) < 4.78 is 0. The van der Waals surface area contributed by atoms with Gasteiger partial charge in [0.25, 0.3) is 0 Å². The van der Waals surface area contributed by atoms with Crippen LogP contribution in [0.3, 0.4) is 0 Å². The molecule has 0 aliphatic carbocycles. The van der Waals surface area contributed by atoms with Crippen LogP contribution in [-0.4, -0.2) is 17.4 Å². The molecule has 6 heavy (non-hydrogen) atoms. The molecule has 0 amide bonds. The van der Waals surface area contributed by atoms with Crippen LogP contribution < -0.4 is 0 Å². The van der Waals surface area contributed by atoms with Gasteiger partial charge in [0.2, 0.25) is 0 Å². The summed E-state index contributed by atoms with van der Waals surface area (Å²) in [6.07, 6.45) is 0. The summed E-state index contributed by atoms with van der Waals surface area (Å²) in [6.45, 7) is 0. The summed E-state index contributed by atoms with van der Waals surface area (Å²) in [5.74, 6) is 0. The first-order chi connectivity index (χ1) is 0. The molecule has 0 saturated heterocycles. The summed E-state index contributed by atoms with van der Waals surface area (Å²) in [5.41, 5.74) is 0. The van der Waals surface area contributed by atoms with Gasteiger partial charge in [-0.1, -0.05) is 0 Å². The van der Waals surface area contributed by atoms with Crippen molar-refractivity contribution >= 4 is 40.8 Å². The Labute approximate surface area is 93.0 Å². The van der Waals surface area contributed by atoms with Gasteiger partial charge in [-0.05, 0) is 0 Å². The van der Waals surface area contributed by atoms with Crippen LogP contribution in [-0.2, 0) is 53.3 Å². The van der Waals surface area contributed by atoms with Crippen LogP contribution in [0.5, 0.6) is 0 Å². The minimum Gasteiger partial charge on any atom is -0.197 e. The third kappa shape index (κ3) is 28.2. The summed E-state index contributed by atoms with van der Waals surface area (Å²) in [4.78, 5) is 0. The van der Waals surface area contributed by atoms with Gasteiger partial charge in [-0.25, -0.2) is 0 Å². The molecule has 40 valence electrons. The van der Waals surface area contributed by atoms with E-state index in [0.29, 0.717) is 0 Å². The maximum Gasteiger partial charge on any atom is 0.187 e. The second kappa shape index (κ2) is 44.0. The zero-order chi connectivity index (χ0) is 0. The minimum atomic E-state index is 0. The molecule has 0 N–H and O–H groups in total. The minimum absolute atomic E-state index is 0. The van der Waals surface area contributed by atoms with E-state index in [2.05, 4.69) is 0 Å². The van der Waals surface area contributed by atoms with Crippen LogP contribution >= 0.6 is 23.4 Å². The van der Waals surface area contributed by atoms with E-state index in [4.69, 9.17) is 0 Å². The van der Waals surface area contributed by atoms with Gasteiger partial charge in [0, 0.05) is 53.3 Å². The predicted molar refractivity (Wildman–Crippen MR) is 31.4 cm³/mol. The average molecular weight is 277 g/mol. The van der Waals surface area contributed by atoms with E-state index in [9.17, 15) is 0 Å². The van der Waals surface area contributed by atoms with Crippen molar-refractivity contribution in [1.82, 2.24) is 0 Å². The molecular weight excluding hydrogens is 269 g/mol. The smallest absolute Gasteiger partial charge is 0.187 e. The Kier molecular flexibility index (Phi) is 475. The first-order valence-corrected chi connectivity index (χ1v) is 0. The predicted octanol–water partition coefficient (Wildman–Crippen LogP) is -1.02. The largest absolute Gasteiger partial charge is 0.197 e. The molecule has 0 heterocycles. The van der Waals surface area contributed by atoms with Crippen molar-refractivity contribution in [1.29, 1.82) is 0 Å². The van der Waals surface area contributed by atoms with Crippen molar-refractivity contribution in [2.45, 2.75) is 0 Å². The zero-order valence-corrected chi connectivity index (χ0v) is 10.2. The van der Waals surface area contributed by atoms with E-state index in [1.807, 2.05) is 0 Å². The van der Waals surface area contributed by atoms with Crippen molar-refractivity contribution in [3.63, 3.8) is 0 Å². The first kappa shape index (κ1) is 64.8. The second-order valence-electron chi connectivity index (χ2n) is 0. The van der Waals surface area contributed by atoms with Crippen molar-refractivity contribution in [2.75, 3.05) is 0 Å². The summed E-state index contributed by atoms with van der Waals surface area (Å²) in [5, 5.41) is 0. The van der Waals surface area contributed by atoms with Crippen LogP contribution in [0.15, 0.2) is 0 Å². The number of hydrogen-bond acceptors (Lipinski definition) is 0. The summed E-state index contributed by atoms with van der Waals surface area (Å²) in [7, 11) is 0. The molecule has 0 fully saturated rings. The Hall–Kier alpha value is 2.96. The third-order valence-electron chi connectivity index (χ3n) is 0. The maximum atomic E-state index is 0. The molecule has 6 heteroatoms. The van der Waals surface area contributed by atoms with Gasteiger partial charge >= 0.3 is 0 Å². The summed E-state index contributed by atoms with van der Waals surface area (Å²) in [6, 6.07) is 0. The Morgan fingerprint density at radius 2 is 1.00 bits per heavy atom. The zero-order valence-electron chi connectivity index (χ0n) is 2.63. The average Bonchev–Trinajstić information content (AvgIpc) is 0. The molecule has 0 bridgehead atoms. The van der Waals surface area contributed by atoms with Gasteiger partial charge in [0.05, 0.1) is 0 Å². The third-order valence-corrected chi connectivity index (χ3v) is 0. The molecule has 1 atom stereocenters. The van der Waals surface area contributed by atoms with Crippen LogP contribution in [0, 0.1) is 0 Å². The fourth-order valence-corrected chi connectivity index (χ4v) is 0. The van der Waals surface area contributed by atoms with Gasteiger partial charge in [-0.15, -0.1) is 0 Å². The van der Waals surface area contributed by atoms with Crippen molar-refractivity contribution in [3.05, 3.63) is 0 Å². The topological polar surface area (TPSA) is 0 Å². The molecular formula is H8AlCoMnPSZn. The molecule has 0 aliphatic rings. The Morgan fingerprint density at radius 3 is 1.00 bits per heavy atom. The first-order valence-electron chi connectivity index (χ1n) is 0. The van der Waals surface area contributed by atoms with Crippen molar-refractivity contribution in [2.24, 2.45) is 0 Å².